The first-order valence-corrected chi connectivity index (χ1v) is 6.17. The number of primary amides is 1. The van der Waals surface area contributed by atoms with Crippen LogP contribution in [-0.4, -0.2) is 5.91 Å². The molecule has 0 aliphatic rings. The third-order valence-electron chi connectivity index (χ3n) is 2.61. The molecule has 1 rings (SSSR count). The number of rotatable bonds is 4. The Kier molecular flexibility index (Phi) is 3.77. The van der Waals surface area contributed by atoms with Crippen LogP contribution in [0.1, 0.15) is 47.3 Å². The first kappa shape index (κ1) is 11.3. The van der Waals surface area contributed by atoms with Gasteiger partial charge in [0.05, 0.1) is 5.30 Å². The Bertz CT molecular complexity index is 341. The highest BCUT2D eigenvalue weighted by molar-refractivity contribution is 7.33. The minimum atomic E-state index is -0.227. The average molecular weight is 211 g/mol. The second kappa shape index (κ2) is 4.65. The van der Waals surface area contributed by atoms with E-state index in [1.165, 1.54) is 16.4 Å². The molecule has 1 aromatic rings. The molecule has 1 heterocycles. The monoisotopic (exact) mass is 211 g/mol. The van der Waals surface area contributed by atoms with Crippen molar-refractivity contribution in [3.05, 3.63) is 21.7 Å². The summed E-state index contributed by atoms with van der Waals surface area (Å²) in [5.74, 6) is -0.227. The molecule has 0 saturated heterocycles. The molecule has 1 atom stereocenters. The largest absolute Gasteiger partial charge is 0.365 e. The fourth-order valence-corrected chi connectivity index (χ4v) is 3.52. The van der Waals surface area contributed by atoms with Gasteiger partial charge in [0.25, 0.3) is 5.91 Å². The normalized spacial score (nSPS) is 11.1. The van der Waals surface area contributed by atoms with E-state index in [4.69, 9.17) is 5.73 Å². The Balaban J connectivity index is 3.31. The molecule has 0 fully saturated rings. The molecule has 14 heavy (non-hydrogen) atoms. The van der Waals surface area contributed by atoms with E-state index in [9.17, 15) is 4.79 Å². The van der Waals surface area contributed by atoms with Crippen LogP contribution < -0.4 is 5.73 Å². The highest BCUT2D eigenvalue weighted by Crippen LogP contribution is 2.33. The van der Waals surface area contributed by atoms with Crippen LogP contribution in [0.15, 0.2) is 0 Å². The maximum Gasteiger partial charge on any atom is 0.252 e. The van der Waals surface area contributed by atoms with Crippen molar-refractivity contribution < 1.29 is 4.79 Å². The van der Waals surface area contributed by atoms with Gasteiger partial charge >= 0.3 is 0 Å². The summed E-state index contributed by atoms with van der Waals surface area (Å²) in [4.78, 5) is 11.2. The molecule has 78 valence electrons. The zero-order valence-corrected chi connectivity index (χ0v) is 10.1. The molecule has 3 heteroatoms. The molecule has 0 radical (unpaired) electrons. The smallest absolute Gasteiger partial charge is 0.252 e. The van der Waals surface area contributed by atoms with Crippen molar-refractivity contribution in [2.24, 2.45) is 5.73 Å². The van der Waals surface area contributed by atoms with Gasteiger partial charge in [0.2, 0.25) is 0 Å². The topological polar surface area (TPSA) is 43.1 Å². The van der Waals surface area contributed by atoms with Crippen LogP contribution in [0.2, 0.25) is 0 Å². The zero-order chi connectivity index (χ0) is 10.7. The van der Waals surface area contributed by atoms with Crippen molar-refractivity contribution in [2.45, 2.75) is 40.0 Å². The van der Waals surface area contributed by atoms with Crippen molar-refractivity contribution in [1.29, 1.82) is 0 Å². The maximum atomic E-state index is 11.2. The fraction of sp³-hybridized carbons (Fsp3) is 0.545. The Morgan fingerprint density at radius 3 is 2.07 bits per heavy atom. The predicted octanol–water partition coefficient (Wildman–Crippen LogP) is 2.50. The van der Waals surface area contributed by atoms with Crippen molar-refractivity contribution in [2.75, 3.05) is 0 Å². The third-order valence-corrected chi connectivity index (χ3v) is 4.37. The molecule has 1 amide bonds. The Hall–Kier alpha value is -0.750. The number of carbonyl (C=O) groups is 1. The number of aryl methyl sites for hydroxylation is 1. The molecule has 0 spiro atoms. The van der Waals surface area contributed by atoms with Gasteiger partial charge in [0.15, 0.2) is 0 Å². The summed E-state index contributed by atoms with van der Waals surface area (Å²) in [5, 5.41) is 2.30. The highest BCUT2D eigenvalue weighted by Gasteiger charge is 2.16. The molecular weight excluding hydrogens is 193 g/mol. The summed E-state index contributed by atoms with van der Waals surface area (Å²) in [6.07, 6.45) is 3.00. The molecule has 2 nitrogen and oxygen atoms in total. The van der Waals surface area contributed by atoms with E-state index in [-0.39, 0.29) is 5.91 Å². The second-order valence-corrected chi connectivity index (χ2v) is 4.71. The van der Waals surface area contributed by atoms with Crippen LogP contribution in [0, 0.1) is 0 Å². The van der Waals surface area contributed by atoms with Crippen molar-refractivity contribution in [3.63, 3.8) is 0 Å². The molecule has 1 unspecified atom stereocenters. The lowest BCUT2D eigenvalue weighted by atomic mass is 10.0. The number of carbonyl (C=O) groups excluding carboxylic acids is 1. The third kappa shape index (κ3) is 1.85. The number of nitrogens with two attached hydrogens (primary N) is 1. The Morgan fingerprint density at radius 2 is 1.71 bits per heavy atom. The number of hydrogen-bond donors (Lipinski definition) is 1. The Morgan fingerprint density at radius 1 is 1.14 bits per heavy atom. The van der Waals surface area contributed by atoms with E-state index >= 15 is 0 Å². The SMILES string of the molecule is CCc1[pH]c(C(N)=O)c(CC)c1CC. The average Bonchev–Trinajstić information content (AvgIpc) is 2.54. The zero-order valence-electron chi connectivity index (χ0n) is 9.11. The van der Waals surface area contributed by atoms with Crippen LogP contribution in [0.3, 0.4) is 0 Å². The van der Waals surface area contributed by atoms with Gasteiger partial charge in [-0.15, -0.1) is 8.19 Å². The summed E-state index contributed by atoms with van der Waals surface area (Å²) >= 11 is 0. The van der Waals surface area contributed by atoms with Crippen molar-refractivity contribution >= 4 is 14.1 Å². The van der Waals surface area contributed by atoms with E-state index in [1.54, 1.807) is 0 Å². The van der Waals surface area contributed by atoms with Gasteiger partial charge in [-0.05, 0) is 35.7 Å². The summed E-state index contributed by atoms with van der Waals surface area (Å²) in [7, 11) is 0.530. The molecule has 0 saturated carbocycles. The minimum absolute atomic E-state index is 0.227. The van der Waals surface area contributed by atoms with Crippen LogP contribution in [0.25, 0.3) is 0 Å². The number of amides is 1. The van der Waals surface area contributed by atoms with E-state index in [0.717, 1.165) is 24.6 Å². The first-order valence-electron chi connectivity index (χ1n) is 5.17. The van der Waals surface area contributed by atoms with Crippen LogP contribution >= 0.6 is 8.19 Å². The number of hydrogen-bond acceptors (Lipinski definition) is 1. The highest BCUT2D eigenvalue weighted by atomic mass is 31.0. The first-order chi connectivity index (χ1) is 6.65. The summed E-state index contributed by atoms with van der Waals surface area (Å²) < 4.78 is 0. The lowest BCUT2D eigenvalue weighted by Crippen LogP contribution is -2.11. The quantitative estimate of drug-likeness (QED) is 0.817. The van der Waals surface area contributed by atoms with E-state index < -0.39 is 0 Å². The molecule has 0 aliphatic carbocycles. The van der Waals surface area contributed by atoms with Crippen molar-refractivity contribution in [1.82, 2.24) is 0 Å². The standard InChI is InChI=1S/C11H18NOP/c1-4-7-8(5-2)10(11(12)13)14-9(7)6-3/h14H,4-6H2,1-3H3,(H2,12,13). The molecule has 0 aromatic carbocycles. The van der Waals surface area contributed by atoms with Gasteiger partial charge in [-0.2, -0.15) is 0 Å². The molecule has 0 bridgehead atoms. The maximum absolute atomic E-state index is 11.2. The van der Waals surface area contributed by atoms with Gasteiger partial charge < -0.3 is 5.73 Å². The fourth-order valence-electron chi connectivity index (χ4n) is 1.96. The van der Waals surface area contributed by atoms with Gasteiger partial charge in [-0.25, -0.2) is 0 Å². The predicted molar refractivity (Wildman–Crippen MR) is 62.6 cm³/mol. The Labute approximate surface area is 87.0 Å². The molecular formula is C11H18NOP. The lowest BCUT2D eigenvalue weighted by Gasteiger charge is -2.02. The summed E-state index contributed by atoms with van der Waals surface area (Å²) in [5.41, 5.74) is 7.99. The van der Waals surface area contributed by atoms with E-state index in [2.05, 4.69) is 20.8 Å². The van der Waals surface area contributed by atoms with Crippen molar-refractivity contribution in [3.8, 4) is 0 Å². The van der Waals surface area contributed by atoms with Gasteiger partial charge in [0.1, 0.15) is 0 Å². The van der Waals surface area contributed by atoms with Gasteiger partial charge in [-0.1, -0.05) is 20.8 Å². The molecule has 0 aliphatic heterocycles. The van der Waals surface area contributed by atoms with Gasteiger partial charge in [0, 0.05) is 0 Å². The minimum Gasteiger partial charge on any atom is -0.365 e. The van der Waals surface area contributed by atoms with Gasteiger partial charge in [-0.3, -0.25) is 4.79 Å². The second-order valence-electron chi connectivity index (χ2n) is 3.36. The van der Waals surface area contributed by atoms with Crippen LogP contribution in [0.4, 0.5) is 0 Å². The lowest BCUT2D eigenvalue weighted by molar-refractivity contribution is 0.100. The van der Waals surface area contributed by atoms with Crippen LogP contribution in [-0.2, 0) is 19.3 Å². The van der Waals surface area contributed by atoms with Crippen LogP contribution in [0.5, 0.6) is 0 Å². The summed E-state index contributed by atoms with van der Waals surface area (Å²) in [6, 6.07) is 0. The van der Waals surface area contributed by atoms with E-state index in [0.29, 0.717) is 8.19 Å². The van der Waals surface area contributed by atoms with E-state index in [1.807, 2.05) is 0 Å². The molecule has 2 N–H and O–H groups in total. The molecule has 1 aromatic heterocycles. The summed E-state index contributed by atoms with van der Waals surface area (Å²) in [6.45, 7) is 6.39.